The Labute approximate surface area is 390 Å². The van der Waals surface area contributed by atoms with Crippen molar-refractivity contribution < 1.29 is 53.1 Å². The van der Waals surface area contributed by atoms with E-state index in [-0.39, 0.29) is 67.7 Å². The van der Waals surface area contributed by atoms with E-state index >= 15 is 0 Å². The number of carbonyl (C=O) groups excluding carboxylic acids is 9. The van der Waals surface area contributed by atoms with Gasteiger partial charge in [-0.1, -0.05) is 30.3 Å². The van der Waals surface area contributed by atoms with Crippen molar-refractivity contribution in [2.45, 2.75) is 87.2 Å². The summed E-state index contributed by atoms with van der Waals surface area (Å²) in [6.45, 7) is -0.434. The van der Waals surface area contributed by atoms with E-state index in [4.69, 9.17) is 22.6 Å². The molecule has 1 heterocycles. The molecule has 0 saturated carbocycles. The summed E-state index contributed by atoms with van der Waals surface area (Å²) in [6, 6.07) is -1.51. The van der Waals surface area contributed by atoms with Crippen LogP contribution in [0.5, 0.6) is 0 Å². The third-order valence-electron chi connectivity index (χ3n) is 9.39. The summed E-state index contributed by atoms with van der Waals surface area (Å²) in [5.74, 6) is -11.2. The zero-order chi connectivity index (χ0) is 48.5. The van der Waals surface area contributed by atoms with Crippen LogP contribution in [-0.4, -0.2) is 155 Å². The standard InChI is InChI=1S/C38H59N13O11S3/c39-11-5-4-9-22-33(58)49-25(16-63)36(61)47-21(10-6-12-43-38(41)42)32(57)44-15-28(52)46-24(14-30(54)55)35(60)50-26(17-64)37(62)48-23(13-20-7-2-1-3-8-20)34(59)51-27(31(40)56)18-65-19-29(53)45-22/h1-3,7-8,21-27,63-64H,4-6,9-19,39H2,(H2,40,56)(H,44,57)(H,45,53)(H,46,52)(H,47,61)(H,48,62)(H,49,58)(H,50,60)(H,51,59)(H,54,55)(H4,41,42,43)/t21-,22-,23-,24-,25-,26-,27-/m0/s1. The van der Waals surface area contributed by atoms with Crippen molar-refractivity contribution >= 4 is 102 Å². The number of thioether (sulfide) groups is 1. The van der Waals surface area contributed by atoms with Gasteiger partial charge in [0.15, 0.2) is 5.96 Å². The average Bonchev–Trinajstić information content (AvgIpc) is 3.25. The molecule has 1 aromatic carbocycles. The summed E-state index contributed by atoms with van der Waals surface area (Å²) in [5.41, 5.74) is 17.2. The highest BCUT2D eigenvalue weighted by Crippen LogP contribution is 2.10. The number of carboxylic acids is 1. The molecule has 0 aliphatic carbocycles. The molecule has 9 amide bonds. The molecule has 0 spiro atoms. The lowest BCUT2D eigenvalue weighted by atomic mass is 10.0. The summed E-state index contributed by atoms with van der Waals surface area (Å²) < 4.78 is 0. The lowest BCUT2D eigenvalue weighted by Crippen LogP contribution is -2.60. The van der Waals surface area contributed by atoms with Crippen molar-refractivity contribution in [3.05, 3.63) is 35.9 Å². The molecule has 0 radical (unpaired) electrons. The van der Waals surface area contributed by atoms with Crippen molar-refractivity contribution in [1.29, 1.82) is 5.41 Å². The van der Waals surface area contributed by atoms with E-state index in [0.717, 1.165) is 11.8 Å². The quantitative estimate of drug-likeness (QED) is 0.0338. The first-order valence-corrected chi connectivity index (χ1v) is 22.8. The van der Waals surface area contributed by atoms with Gasteiger partial charge in [-0.25, -0.2) is 0 Å². The molecule has 1 aromatic rings. The molecule has 1 saturated heterocycles. The topological polar surface area (TPSA) is 401 Å². The minimum absolute atomic E-state index is 0.0801. The van der Waals surface area contributed by atoms with Crippen LogP contribution in [0.15, 0.2) is 30.3 Å². The number of carbonyl (C=O) groups is 10. The molecule has 27 heteroatoms. The molecule has 17 N–H and O–H groups in total. The Balaban J connectivity index is 2.54. The van der Waals surface area contributed by atoms with Crippen molar-refractivity contribution in [1.82, 2.24) is 47.9 Å². The monoisotopic (exact) mass is 969 g/mol. The molecule has 7 atom stereocenters. The Kier molecular flexibility index (Phi) is 25.2. The molecule has 1 fully saturated rings. The van der Waals surface area contributed by atoms with Gasteiger partial charge in [0, 0.05) is 30.2 Å². The maximum Gasteiger partial charge on any atom is 0.305 e. The van der Waals surface area contributed by atoms with Crippen LogP contribution in [0.3, 0.4) is 0 Å². The number of unbranched alkanes of at least 4 members (excludes halogenated alkanes) is 1. The van der Waals surface area contributed by atoms with Crippen LogP contribution in [0.2, 0.25) is 0 Å². The van der Waals surface area contributed by atoms with E-state index in [0.29, 0.717) is 18.4 Å². The Morgan fingerprint density at radius 3 is 1.78 bits per heavy atom. The zero-order valence-electron chi connectivity index (χ0n) is 35.4. The minimum atomic E-state index is -1.79. The van der Waals surface area contributed by atoms with E-state index in [2.05, 4.69) is 73.1 Å². The number of thiol groups is 2. The molecule has 0 unspecified atom stereocenters. The Hall–Kier alpha value is -5.80. The summed E-state index contributed by atoms with van der Waals surface area (Å²) in [5, 5.41) is 39.0. The van der Waals surface area contributed by atoms with Crippen LogP contribution < -0.4 is 65.1 Å². The van der Waals surface area contributed by atoms with Gasteiger partial charge in [0.2, 0.25) is 53.2 Å². The number of carboxylic acid groups (broad SMARTS) is 1. The maximum absolute atomic E-state index is 13.7. The van der Waals surface area contributed by atoms with Crippen LogP contribution in [0.4, 0.5) is 0 Å². The van der Waals surface area contributed by atoms with E-state index in [9.17, 15) is 53.1 Å². The van der Waals surface area contributed by atoms with Gasteiger partial charge >= 0.3 is 5.97 Å². The van der Waals surface area contributed by atoms with Crippen molar-refractivity contribution in [2.75, 3.05) is 42.6 Å². The minimum Gasteiger partial charge on any atom is -0.481 e. The molecule has 0 bridgehead atoms. The molecule has 0 aromatic heterocycles. The van der Waals surface area contributed by atoms with Crippen molar-refractivity contribution in [3.63, 3.8) is 0 Å². The highest BCUT2D eigenvalue weighted by molar-refractivity contribution is 8.00. The van der Waals surface area contributed by atoms with Gasteiger partial charge < -0.3 is 70.2 Å². The van der Waals surface area contributed by atoms with Crippen molar-refractivity contribution in [3.8, 4) is 0 Å². The molecule has 65 heavy (non-hydrogen) atoms. The zero-order valence-corrected chi connectivity index (χ0v) is 38.0. The van der Waals surface area contributed by atoms with Gasteiger partial charge in [-0.3, -0.25) is 53.4 Å². The lowest BCUT2D eigenvalue weighted by Gasteiger charge is -2.25. The average molecular weight is 970 g/mol. The number of benzene rings is 1. The molecular weight excluding hydrogens is 911 g/mol. The van der Waals surface area contributed by atoms with Crippen LogP contribution in [0, 0.1) is 5.41 Å². The first kappa shape index (κ1) is 55.3. The molecule has 24 nitrogen and oxygen atoms in total. The lowest BCUT2D eigenvalue weighted by molar-refractivity contribution is -0.141. The number of rotatable bonds is 15. The number of aliphatic carboxylic acids is 1. The summed E-state index contributed by atoms with van der Waals surface area (Å²) in [4.78, 5) is 132. The maximum atomic E-state index is 13.7. The number of guanidine groups is 1. The van der Waals surface area contributed by atoms with Gasteiger partial charge in [-0.15, -0.1) is 11.8 Å². The number of nitrogens with one attached hydrogen (secondary N) is 10. The number of primary amides is 1. The first-order chi connectivity index (χ1) is 30.9. The summed E-state index contributed by atoms with van der Waals surface area (Å²) >= 11 is 9.24. The van der Waals surface area contributed by atoms with Crippen molar-refractivity contribution in [2.24, 2.45) is 17.2 Å². The fourth-order valence-corrected chi connectivity index (χ4v) is 7.37. The summed E-state index contributed by atoms with van der Waals surface area (Å²) in [6.07, 6.45) is -0.00629. The van der Waals surface area contributed by atoms with E-state index in [1.165, 1.54) is 0 Å². The van der Waals surface area contributed by atoms with E-state index < -0.39 is 114 Å². The first-order valence-electron chi connectivity index (χ1n) is 20.4. The molecule has 2 rings (SSSR count). The molecule has 360 valence electrons. The fraction of sp³-hybridized carbons (Fsp3) is 0.553. The Morgan fingerprint density at radius 2 is 1.22 bits per heavy atom. The van der Waals surface area contributed by atoms with Crippen LogP contribution in [0.1, 0.15) is 44.1 Å². The molecular formula is C38H59N13O11S3. The van der Waals surface area contributed by atoms with Gasteiger partial charge in [0.1, 0.15) is 42.3 Å². The smallest absolute Gasteiger partial charge is 0.305 e. The second-order valence-electron chi connectivity index (χ2n) is 14.6. The van der Waals surface area contributed by atoms with Gasteiger partial charge in [0.05, 0.1) is 18.7 Å². The molecule has 1 aliphatic heterocycles. The number of amides is 9. The van der Waals surface area contributed by atoms with E-state index in [1.807, 2.05) is 0 Å². The number of hydrogen-bond donors (Lipinski definition) is 16. The van der Waals surface area contributed by atoms with Gasteiger partial charge in [-0.05, 0) is 44.2 Å². The van der Waals surface area contributed by atoms with Crippen LogP contribution in [-0.2, 0) is 54.4 Å². The molecule has 1 aliphatic rings. The third kappa shape index (κ3) is 21.2. The normalized spacial score (nSPS) is 24.0. The van der Waals surface area contributed by atoms with E-state index in [1.54, 1.807) is 30.3 Å². The highest BCUT2D eigenvalue weighted by atomic mass is 32.2. The number of hydrogen-bond acceptors (Lipinski definition) is 15. The fourth-order valence-electron chi connectivity index (χ4n) is 5.99. The third-order valence-corrected chi connectivity index (χ3v) is 11.2. The van der Waals surface area contributed by atoms with Gasteiger partial charge in [-0.2, -0.15) is 25.3 Å². The Bertz CT molecular complexity index is 1850. The predicted molar refractivity (Wildman–Crippen MR) is 245 cm³/mol. The predicted octanol–water partition coefficient (Wildman–Crippen LogP) is -5.30. The second-order valence-corrected chi connectivity index (χ2v) is 16.4. The number of nitrogens with two attached hydrogens (primary N) is 3. The van der Waals surface area contributed by atoms with Crippen LogP contribution >= 0.6 is 37.0 Å². The highest BCUT2D eigenvalue weighted by Gasteiger charge is 2.33. The SMILES string of the molecule is N=C(N)NCCC[C@@H]1NC(=O)[C@H](CS)NC(=O)[C@H](CCCCN)NC(=O)CSC[C@@H](C(N)=O)NC(=O)[C@H](Cc2ccccc2)NC(=O)[C@H](CS)NC(=O)[C@H](CC(=O)O)NC(=O)CNC1=O. The Morgan fingerprint density at radius 1 is 0.692 bits per heavy atom. The largest absolute Gasteiger partial charge is 0.481 e. The summed E-state index contributed by atoms with van der Waals surface area (Å²) in [7, 11) is 0. The van der Waals surface area contributed by atoms with Crippen LogP contribution in [0.25, 0.3) is 0 Å². The van der Waals surface area contributed by atoms with Gasteiger partial charge in [0.25, 0.3) is 0 Å². The second kappa shape index (κ2) is 29.6.